The zero-order valence-electron chi connectivity index (χ0n) is 11.8. The third kappa shape index (κ3) is 2.04. The number of nitrogens with one attached hydrogen (secondary N) is 1. The lowest BCUT2D eigenvalue weighted by Gasteiger charge is -2.32. The van der Waals surface area contributed by atoms with Crippen molar-refractivity contribution >= 4 is 0 Å². The molecule has 2 heterocycles. The van der Waals surface area contributed by atoms with E-state index in [0.717, 1.165) is 6.42 Å². The Balaban J connectivity index is 1.96. The van der Waals surface area contributed by atoms with E-state index in [2.05, 4.69) is 4.98 Å². The van der Waals surface area contributed by atoms with Gasteiger partial charge in [0.25, 0.3) is 5.56 Å². The van der Waals surface area contributed by atoms with Gasteiger partial charge in [0.15, 0.2) is 0 Å². The predicted molar refractivity (Wildman–Crippen MR) is 68.0 cm³/mol. The fraction of sp³-hybridized carbons (Fsp3) is 0.692. The Labute approximate surface area is 111 Å². The molecule has 0 spiro atoms. The molecule has 2 fully saturated rings. The van der Waals surface area contributed by atoms with E-state index in [1.54, 1.807) is 6.92 Å². The first-order valence-corrected chi connectivity index (χ1v) is 6.53. The van der Waals surface area contributed by atoms with Crippen molar-refractivity contribution in [2.24, 2.45) is 0 Å². The van der Waals surface area contributed by atoms with Gasteiger partial charge in [0.2, 0.25) is 0 Å². The number of nitrogens with zero attached hydrogens (tertiary/aromatic N) is 1. The number of fused-ring (bicyclic) bond motifs is 1. The van der Waals surface area contributed by atoms with Crippen molar-refractivity contribution in [3.8, 4) is 0 Å². The molecule has 0 aromatic carbocycles. The fourth-order valence-electron chi connectivity index (χ4n) is 2.92. The highest BCUT2D eigenvalue weighted by Gasteiger charge is 2.49. The molecule has 0 bridgehead atoms. The van der Waals surface area contributed by atoms with Crippen LogP contribution in [0.25, 0.3) is 0 Å². The van der Waals surface area contributed by atoms with E-state index in [1.807, 2.05) is 0 Å². The number of aryl methyl sites for hydroxylation is 1. The van der Waals surface area contributed by atoms with Crippen LogP contribution in [0.5, 0.6) is 0 Å². The third-order valence-electron chi connectivity index (χ3n) is 4.01. The molecule has 0 radical (unpaired) electrons. The Kier molecular flexibility index (Phi) is 2.60. The summed E-state index contributed by atoms with van der Waals surface area (Å²) in [6, 6.07) is 0. The van der Waals surface area contributed by atoms with Crippen LogP contribution in [-0.2, 0) is 4.74 Å². The van der Waals surface area contributed by atoms with Gasteiger partial charge in [-0.05, 0) is 19.7 Å². The van der Waals surface area contributed by atoms with Crippen molar-refractivity contribution in [1.82, 2.24) is 9.55 Å². The highest BCUT2D eigenvalue weighted by atomic mass is 16.5. The number of H-pyrrole nitrogens is 1. The lowest BCUT2D eigenvalue weighted by Crippen LogP contribution is -2.40. The van der Waals surface area contributed by atoms with Crippen LogP contribution in [0.2, 0.25) is 0 Å². The van der Waals surface area contributed by atoms with Crippen molar-refractivity contribution < 1.29 is 11.2 Å². The third-order valence-corrected chi connectivity index (χ3v) is 4.01. The average molecular weight is 267 g/mol. The van der Waals surface area contributed by atoms with Gasteiger partial charge < -0.3 is 9.84 Å². The van der Waals surface area contributed by atoms with Gasteiger partial charge >= 0.3 is 5.69 Å². The number of aromatic nitrogens is 2. The van der Waals surface area contributed by atoms with Crippen molar-refractivity contribution in [3.63, 3.8) is 0 Å². The van der Waals surface area contributed by atoms with Crippen molar-refractivity contribution in [2.45, 2.75) is 56.9 Å². The highest BCUT2D eigenvalue weighted by molar-refractivity contribution is 5.04. The Morgan fingerprint density at radius 2 is 2.37 bits per heavy atom. The summed E-state index contributed by atoms with van der Waals surface area (Å²) < 4.78 is 15.0. The first-order valence-electron chi connectivity index (χ1n) is 7.10. The molecule has 1 aliphatic heterocycles. The number of hydrogen-bond donors (Lipinski definition) is 2. The average Bonchev–Trinajstić information content (AvgIpc) is 2.72. The molecule has 3 rings (SSSR count). The Bertz CT molecular complexity index is 640. The SMILES string of the molecule is [2H][C@H]1CCC[C@]2(O)C[C@H](n3cc(C)c(=O)[nH]c3=O)O[C@@H]12. The molecular formula is C13H18N2O4. The summed E-state index contributed by atoms with van der Waals surface area (Å²) in [6.07, 6.45) is 2.12. The minimum atomic E-state index is -1.04. The molecule has 4 atom stereocenters. The first kappa shape index (κ1) is 11.4. The summed E-state index contributed by atoms with van der Waals surface area (Å²) >= 11 is 0. The van der Waals surface area contributed by atoms with Crippen LogP contribution in [-0.4, -0.2) is 26.4 Å². The standard InChI is InChI=1S/C13H18N2O4/c1-8-7-15(12(17)14-11(8)16)10-6-13(18)5-3-2-4-9(13)19-10/h7,9-10,18H,2-6H2,1H3,(H,14,16,17)/t9-,10+,13-/m0/s1/i4D/t4-,9-,10+,13-. The Hall–Kier alpha value is -1.40. The molecule has 0 unspecified atom stereocenters. The van der Waals surface area contributed by atoms with Crippen LogP contribution in [0.4, 0.5) is 0 Å². The van der Waals surface area contributed by atoms with E-state index in [4.69, 9.17) is 6.11 Å². The van der Waals surface area contributed by atoms with Gasteiger partial charge in [0.1, 0.15) is 6.23 Å². The van der Waals surface area contributed by atoms with Crippen molar-refractivity contribution in [2.75, 3.05) is 0 Å². The zero-order chi connectivity index (χ0) is 14.5. The van der Waals surface area contributed by atoms with Gasteiger partial charge in [-0.15, -0.1) is 0 Å². The number of hydrogen-bond acceptors (Lipinski definition) is 4. The molecule has 1 aliphatic carbocycles. The normalized spacial score (nSPS) is 38.8. The first-order chi connectivity index (χ1) is 9.40. The summed E-state index contributed by atoms with van der Waals surface area (Å²) in [4.78, 5) is 25.5. The maximum Gasteiger partial charge on any atom is 0.330 e. The predicted octanol–water partition coefficient (Wildman–Crippen LogP) is 0.438. The lowest BCUT2D eigenvalue weighted by molar-refractivity contribution is -0.0808. The van der Waals surface area contributed by atoms with E-state index in [1.165, 1.54) is 10.8 Å². The maximum absolute atomic E-state index is 11.9. The van der Waals surface area contributed by atoms with Crippen LogP contribution in [0.3, 0.4) is 0 Å². The quantitative estimate of drug-likeness (QED) is 0.773. The van der Waals surface area contributed by atoms with Gasteiger partial charge in [-0.25, -0.2) is 4.79 Å². The molecule has 6 heteroatoms. The minimum absolute atomic E-state index is 0.276. The molecule has 2 aliphatic rings. The Morgan fingerprint density at radius 1 is 1.58 bits per heavy atom. The van der Waals surface area contributed by atoms with E-state index in [0.29, 0.717) is 18.4 Å². The van der Waals surface area contributed by atoms with E-state index in [-0.39, 0.29) is 6.42 Å². The van der Waals surface area contributed by atoms with Crippen LogP contribution >= 0.6 is 0 Å². The number of aliphatic hydroxyl groups is 1. The number of rotatable bonds is 1. The molecule has 2 N–H and O–H groups in total. The minimum Gasteiger partial charge on any atom is -0.387 e. The number of aromatic amines is 1. The summed E-state index contributed by atoms with van der Waals surface area (Å²) in [7, 11) is 0. The van der Waals surface area contributed by atoms with E-state index in [9.17, 15) is 14.7 Å². The second-order valence-electron chi connectivity index (χ2n) is 5.43. The van der Waals surface area contributed by atoms with Crippen LogP contribution < -0.4 is 11.2 Å². The largest absolute Gasteiger partial charge is 0.387 e. The van der Waals surface area contributed by atoms with Gasteiger partial charge in [-0.2, -0.15) is 0 Å². The number of ether oxygens (including phenoxy) is 1. The molecule has 104 valence electrons. The summed E-state index contributed by atoms with van der Waals surface area (Å²) in [5.41, 5.74) is -1.59. The van der Waals surface area contributed by atoms with Crippen molar-refractivity contribution in [3.05, 3.63) is 32.6 Å². The molecule has 19 heavy (non-hydrogen) atoms. The second kappa shape index (κ2) is 4.31. The maximum atomic E-state index is 11.9. The van der Waals surface area contributed by atoms with E-state index < -0.39 is 35.6 Å². The molecule has 0 amide bonds. The lowest BCUT2D eigenvalue weighted by atomic mass is 9.81. The molecular weight excluding hydrogens is 248 g/mol. The monoisotopic (exact) mass is 267 g/mol. The van der Waals surface area contributed by atoms with Gasteiger partial charge in [-0.1, -0.05) is 12.8 Å². The topological polar surface area (TPSA) is 84.3 Å². The van der Waals surface area contributed by atoms with Gasteiger partial charge in [0, 0.05) is 19.6 Å². The highest BCUT2D eigenvalue weighted by Crippen LogP contribution is 2.44. The molecule has 6 nitrogen and oxygen atoms in total. The van der Waals surface area contributed by atoms with Crippen LogP contribution in [0.1, 0.15) is 45.2 Å². The molecule has 1 aromatic rings. The summed E-state index contributed by atoms with van der Waals surface area (Å²) in [5, 5.41) is 10.6. The second-order valence-corrected chi connectivity index (χ2v) is 5.43. The van der Waals surface area contributed by atoms with Crippen LogP contribution in [0, 0.1) is 6.92 Å². The van der Waals surface area contributed by atoms with Crippen molar-refractivity contribution in [1.29, 1.82) is 0 Å². The smallest absolute Gasteiger partial charge is 0.330 e. The van der Waals surface area contributed by atoms with Crippen LogP contribution in [0.15, 0.2) is 15.8 Å². The Morgan fingerprint density at radius 3 is 3.11 bits per heavy atom. The molecule has 1 saturated carbocycles. The van der Waals surface area contributed by atoms with Gasteiger partial charge in [0.05, 0.1) is 11.7 Å². The molecule has 1 aromatic heterocycles. The summed E-state index contributed by atoms with van der Waals surface area (Å²) in [6.45, 7) is 1.61. The molecule has 1 saturated heterocycles. The summed E-state index contributed by atoms with van der Waals surface area (Å²) in [5.74, 6) is 0. The van der Waals surface area contributed by atoms with Gasteiger partial charge in [-0.3, -0.25) is 14.3 Å². The van der Waals surface area contributed by atoms with E-state index >= 15 is 0 Å². The fourth-order valence-corrected chi connectivity index (χ4v) is 2.92. The zero-order valence-corrected chi connectivity index (χ0v) is 10.8.